The molecule has 4 aromatic rings. The molecule has 0 spiro atoms. The number of benzene rings is 2. The lowest BCUT2D eigenvalue weighted by atomic mass is 10.2. The number of ether oxygens (including phenoxy) is 2. The second-order valence-corrected chi connectivity index (χ2v) is 9.94. The van der Waals surface area contributed by atoms with Crippen LogP contribution in [0.5, 0.6) is 11.8 Å². The van der Waals surface area contributed by atoms with Gasteiger partial charge in [0.1, 0.15) is 0 Å². The first kappa shape index (κ1) is 27.5. The molecule has 0 atom stereocenters. The summed E-state index contributed by atoms with van der Waals surface area (Å²) in [5, 5.41) is 19.5. The number of carboxylic acid groups (broad SMARTS) is 1. The van der Waals surface area contributed by atoms with Crippen LogP contribution in [0.25, 0.3) is 5.69 Å². The van der Waals surface area contributed by atoms with Crippen molar-refractivity contribution >= 4 is 29.2 Å². The Morgan fingerprint density at radius 2 is 1.74 bits per heavy atom. The van der Waals surface area contributed by atoms with Gasteiger partial charge >= 0.3 is 5.97 Å². The molecular weight excluding hydrogens is 527 g/mol. The van der Waals surface area contributed by atoms with Crippen LogP contribution >= 0.6 is 23.2 Å². The minimum absolute atomic E-state index is 0.00343. The van der Waals surface area contributed by atoms with Crippen molar-refractivity contribution in [2.75, 3.05) is 6.61 Å². The lowest BCUT2D eigenvalue weighted by Crippen LogP contribution is -2.10. The van der Waals surface area contributed by atoms with Crippen molar-refractivity contribution < 1.29 is 19.4 Å². The summed E-state index contributed by atoms with van der Waals surface area (Å²) in [4.78, 5) is 11.1. The zero-order valence-corrected chi connectivity index (χ0v) is 22.8. The fourth-order valence-corrected chi connectivity index (χ4v) is 4.45. The van der Waals surface area contributed by atoms with Crippen LogP contribution in [0.2, 0.25) is 10.0 Å². The van der Waals surface area contributed by atoms with E-state index >= 15 is 0 Å². The SMILES string of the molecule is CC(C)Oc1cc(CCCOc2cc(CCC(=O)O)n(-c3ccccc3)n2)n(Cc2ccc(Cl)cc2Cl)n1. The van der Waals surface area contributed by atoms with E-state index in [2.05, 4.69) is 10.2 Å². The molecule has 0 aliphatic rings. The van der Waals surface area contributed by atoms with Crippen LogP contribution in [0.1, 0.15) is 43.6 Å². The van der Waals surface area contributed by atoms with Crippen LogP contribution in [-0.4, -0.2) is 43.3 Å². The number of halogens is 2. The highest BCUT2D eigenvalue weighted by Crippen LogP contribution is 2.24. The van der Waals surface area contributed by atoms with E-state index < -0.39 is 5.97 Å². The fourth-order valence-electron chi connectivity index (χ4n) is 3.98. The highest BCUT2D eigenvalue weighted by Gasteiger charge is 2.14. The van der Waals surface area contributed by atoms with Gasteiger partial charge in [0.05, 0.1) is 31.4 Å². The number of hydrogen-bond donors (Lipinski definition) is 1. The summed E-state index contributed by atoms with van der Waals surface area (Å²) in [6, 6.07) is 18.8. The molecule has 2 aromatic carbocycles. The van der Waals surface area contributed by atoms with Gasteiger partial charge in [0, 0.05) is 40.0 Å². The quantitative estimate of drug-likeness (QED) is 0.196. The van der Waals surface area contributed by atoms with Crippen molar-refractivity contribution in [2.45, 2.75) is 52.2 Å². The number of carboxylic acids is 1. The molecule has 2 aromatic heterocycles. The number of aromatic nitrogens is 4. The van der Waals surface area contributed by atoms with E-state index in [9.17, 15) is 4.79 Å². The number of carbonyl (C=O) groups is 1. The highest BCUT2D eigenvalue weighted by molar-refractivity contribution is 6.35. The largest absolute Gasteiger partial charge is 0.481 e. The fraction of sp³-hybridized carbons (Fsp3) is 0.321. The molecule has 0 unspecified atom stereocenters. The second kappa shape index (κ2) is 12.8. The summed E-state index contributed by atoms with van der Waals surface area (Å²) in [6.45, 7) is 4.84. The number of rotatable bonds is 13. The molecule has 200 valence electrons. The van der Waals surface area contributed by atoms with Gasteiger partial charge in [-0.2, -0.15) is 0 Å². The predicted molar refractivity (Wildman–Crippen MR) is 147 cm³/mol. The van der Waals surface area contributed by atoms with Gasteiger partial charge < -0.3 is 14.6 Å². The van der Waals surface area contributed by atoms with E-state index in [0.717, 1.165) is 22.6 Å². The topological polar surface area (TPSA) is 91.4 Å². The Hall–Kier alpha value is -3.49. The molecule has 0 saturated heterocycles. The maximum Gasteiger partial charge on any atom is 0.303 e. The molecule has 4 rings (SSSR count). The van der Waals surface area contributed by atoms with Gasteiger partial charge in [-0.3, -0.25) is 9.48 Å². The molecule has 2 heterocycles. The molecule has 8 nitrogen and oxygen atoms in total. The van der Waals surface area contributed by atoms with Gasteiger partial charge in [0.2, 0.25) is 11.8 Å². The molecule has 38 heavy (non-hydrogen) atoms. The number of aliphatic carboxylic acids is 1. The average molecular weight is 557 g/mol. The number of hydrogen-bond acceptors (Lipinski definition) is 5. The smallest absolute Gasteiger partial charge is 0.303 e. The molecule has 1 N–H and O–H groups in total. The number of para-hydroxylation sites is 1. The molecule has 0 amide bonds. The zero-order valence-electron chi connectivity index (χ0n) is 21.3. The van der Waals surface area contributed by atoms with Crippen molar-refractivity contribution in [3.8, 4) is 17.4 Å². The molecular formula is C28H30Cl2N4O4. The standard InChI is InChI=1S/C28H30Cl2N4O4/c1-19(2)38-27-16-23(33(31-27)18-20-10-11-21(29)15-25(20)30)9-6-14-37-26-17-24(12-13-28(35)36)34(32-26)22-7-4-3-5-8-22/h3-5,7-8,10-11,15-17,19H,6,9,12-14,18H2,1-2H3,(H,35,36). The monoisotopic (exact) mass is 556 g/mol. The summed E-state index contributed by atoms with van der Waals surface area (Å²) >= 11 is 12.4. The van der Waals surface area contributed by atoms with Crippen molar-refractivity contribution in [1.82, 2.24) is 19.6 Å². The van der Waals surface area contributed by atoms with E-state index in [1.54, 1.807) is 16.8 Å². The molecule has 0 aliphatic carbocycles. The Labute approximate surface area is 231 Å². The minimum atomic E-state index is -0.856. The molecule has 0 saturated carbocycles. The third-order valence-electron chi connectivity index (χ3n) is 5.72. The third kappa shape index (κ3) is 7.52. The Morgan fingerprint density at radius 1 is 0.974 bits per heavy atom. The van der Waals surface area contributed by atoms with E-state index in [1.165, 1.54) is 0 Å². The molecule has 0 aliphatic heterocycles. The second-order valence-electron chi connectivity index (χ2n) is 9.10. The van der Waals surface area contributed by atoms with Crippen LogP contribution in [0.4, 0.5) is 0 Å². The van der Waals surface area contributed by atoms with Gasteiger partial charge in [0.25, 0.3) is 0 Å². The van der Waals surface area contributed by atoms with Crippen molar-refractivity contribution in [3.05, 3.63) is 87.7 Å². The maximum absolute atomic E-state index is 11.1. The maximum atomic E-state index is 11.1. The van der Waals surface area contributed by atoms with E-state index in [-0.39, 0.29) is 12.5 Å². The van der Waals surface area contributed by atoms with Gasteiger partial charge in [-0.1, -0.05) is 47.5 Å². The van der Waals surface area contributed by atoms with Crippen molar-refractivity contribution in [1.29, 1.82) is 0 Å². The Balaban J connectivity index is 1.43. The lowest BCUT2D eigenvalue weighted by Gasteiger charge is -2.09. The van der Waals surface area contributed by atoms with Crippen molar-refractivity contribution in [3.63, 3.8) is 0 Å². The van der Waals surface area contributed by atoms with Gasteiger partial charge in [-0.15, -0.1) is 10.2 Å². The average Bonchev–Trinajstić information content (AvgIpc) is 3.45. The first-order valence-electron chi connectivity index (χ1n) is 12.4. The van der Waals surface area contributed by atoms with Crippen LogP contribution in [0.15, 0.2) is 60.7 Å². The first-order chi connectivity index (χ1) is 18.3. The number of nitrogens with zero attached hydrogens (tertiary/aromatic N) is 4. The Kier molecular flexibility index (Phi) is 9.31. The van der Waals surface area contributed by atoms with Crippen molar-refractivity contribution in [2.24, 2.45) is 0 Å². The predicted octanol–water partition coefficient (Wildman–Crippen LogP) is 6.24. The van der Waals surface area contributed by atoms with Gasteiger partial charge in [0.15, 0.2) is 0 Å². The van der Waals surface area contributed by atoms with E-state index in [1.807, 2.05) is 67.1 Å². The van der Waals surface area contributed by atoms with Crippen LogP contribution in [0, 0.1) is 0 Å². The number of aryl methyl sites for hydroxylation is 2. The Bertz CT molecular complexity index is 1370. The third-order valence-corrected chi connectivity index (χ3v) is 6.30. The molecule has 10 heteroatoms. The summed E-state index contributed by atoms with van der Waals surface area (Å²) in [5.41, 5.74) is 3.53. The Morgan fingerprint density at radius 3 is 2.45 bits per heavy atom. The highest BCUT2D eigenvalue weighted by atomic mass is 35.5. The zero-order chi connectivity index (χ0) is 27.1. The van der Waals surface area contributed by atoms with Gasteiger partial charge in [-0.05, 0) is 56.5 Å². The van der Waals surface area contributed by atoms with Crippen LogP contribution < -0.4 is 9.47 Å². The lowest BCUT2D eigenvalue weighted by molar-refractivity contribution is -0.136. The first-order valence-corrected chi connectivity index (χ1v) is 13.2. The summed E-state index contributed by atoms with van der Waals surface area (Å²) in [6.07, 6.45) is 1.78. The van der Waals surface area contributed by atoms with Gasteiger partial charge in [-0.25, -0.2) is 4.68 Å². The van der Waals surface area contributed by atoms with E-state index in [4.69, 9.17) is 37.8 Å². The molecule has 0 bridgehead atoms. The summed E-state index contributed by atoms with van der Waals surface area (Å²) in [7, 11) is 0. The summed E-state index contributed by atoms with van der Waals surface area (Å²) in [5.74, 6) is 0.163. The normalized spacial score (nSPS) is 11.2. The summed E-state index contributed by atoms with van der Waals surface area (Å²) < 4.78 is 15.4. The minimum Gasteiger partial charge on any atom is -0.481 e. The van der Waals surface area contributed by atoms with Crippen LogP contribution in [0.3, 0.4) is 0 Å². The van der Waals surface area contributed by atoms with Crippen LogP contribution in [-0.2, 0) is 24.2 Å². The molecule has 0 fully saturated rings. The molecule has 0 radical (unpaired) electrons. The van der Waals surface area contributed by atoms with E-state index in [0.29, 0.717) is 54.2 Å².